The molecule has 1 aromatic heterocycles. The average Bonchev–Trinajstić information content (AvgIpc) is 2.90. The summed E-state index contributed by atoms with van der Waals surface area (Å²) < 4.78 is 2.03. The van der Waals surface area contributed by atoms with Crippen molar-refractivity contribution in [2.45, 2.75) is 19.4 Å². The van der Waals surface area contributed by atoms with Crippen molar-refractivity contribution in [3.63, 3.8) is 0 Å². The molecule has 1 heterocycles. The monoisotopic (exact) mass is 317 g/mol. The molecular formula is C16H16ClN3O2. The van der Waals surface area contributed by atoms with Crippen molar-refractivity contribution in [3.8, 4) is 6.07 Å². The average molecular weight is 318 g/mol. The molecule has 22 heavy (non-hydrogen) atoms. The van der Waals surface area contributed by atoms with Crippen LogP contribution in [-0.2, 0) is 16.1 Å². The molecule has 1 aromatic carbocycles. The Kier molecular flexibility index (Phi) is 5.18. The summed E-state index contributed by atoms with van der Waals surface area (Å²) in [5, 5.41) is 13.0. The van der Waals surface area contributed by atoms with Crippen LogP contribution in [0.25, 0.3) is 10.9 Å². The van der Waals surface area contributed by atoms with Crippen molar-refractivity contribution in [1.29, 1.82) is 5.26 Å². The van der Waals surface area contributed by atoms with Gasteiger partial charge in [0, 0.05) is 42.1 Å². The summed E-state index contributed by atoms with van der Waals surface area (Å²) in [7, 11) is 1.41. The Bertz CT molecular complexity index is 745. The van der Waals surface area contributed by atoms with Gasteiger partial charge in [0.1, 0.15) is 0 Å². The Balaban J connectivity index is 1.97. The largest absolute Gasteiger partial charge is 0.358 e. The Labute approximate surface area is 133 Å². The zero-order chi connectivity index (χ0) is 16.1. The minimum Gasteiger partial charge on any atom is -0.358 e. The van der Waals surface area contributed by atoms with Crippen LogP contribution < -0.4 is 5.32 Å². The van der Waals surface area contributed by atoms with Crippen molar-refractivity contribution in [3.05, 3.63) is 35.5 Å². The van der Waals surface area contributed by atoms with E-state index in [4.69, 9.17) is 16.9 Å². The van der Waals surface area contributed by atoms with Crippen LogP contribution in [0.3, 0.4) is 0 Å². The zero-order valence-corrected chi connectivity index (χ0v) is 12.9. The van der Waals surface area contributed by atoms with E-state index >= 15 is 0 Å². The number of ketones is 1. The molecular weight excluding hydrogens is 302 g/mol. The lowest BCUT2D eigenvalue weighted by Crippen LogP contribution is -2.32. The number of nitrogens with zero attached hydrogens (tertiary/aromatic N) is 2. The third-order valence-electron chi connectivity index (χ3n) is 3.51. The molecule has 2 aromatic rings. The first kappa shape index (κ1) is 16.1. The lowest BCUT2D eigenvalue weighted by Gasteiger charge is -2.08. The number of nitrogens with one attached hydrogen (secondary N) is 1. The number of fused-ring (bicyclic) bond motifs is 1. The molecule has 1 amide bonds. The number of aromatic nitrogens is 1. The van der Waals surface area contributed by atoms with Gasteiger partial charge in [0.25, 0.3) is 0 Å². The van der Waals surface area contributed by atoms with Crippen molar-refractivity contribution in [1.82, 2.24) is 9.88 Å². The van der Waals surface area contributed by atoms with E-state index in [0.29, 0.717) is 18.0 Å². The number of aryl methyl sites for hydroxylation is 1. The van der Waals surface area contributed by atoms with Crippen LogP contribution >= 0.6 is 11.6 Å². The molecule has 1 N–H and O–H groups in total. The number of carbonyl (C=O) groups is 2. The predicted octanol–water partition coefficient (Wildman–Crippen LogP) is 2.53. The lowest BCUT2D eigenvalue weighted by molar-refractivity contribution is -0.131. The van der Waals surface area contributed by atoms with Crippen LogP contribution in [-0.4, -0.2) is 23.3 Å². The number of rotatable bonds is 6. The van der Waals surface area contributed by atoms with Crippen molar-refractivity contribution in [2.24, 2.45) is 5.92 Å². The van der Waals surface area contributed by atoms with Crippen LogP contribution in [0, 0.1) is 17.2 Å². The molecule has 0 aliphatic carbocycles. The number of benzene rings is 1. The topological polar surface area (TPSA) is 74.9 Å². The van der Waals surface area contributed by atoms with E-state index in [1.165, 1.54) is 7.05 Å². The van der Waals surface area contributed by atoms with Crippen molar-refractivity contribution < 1.29 is 9.59 Å². The normalized spacial score (nSPS) is 11.9. The van der Waals surface area contributed by atoms with Crippen LogP contribution in [0.15, 0.2) is 30.5 Å². The standard InChI is InChI=1S/C16H16ClN3O2/c1-19-16(22)13(10-18)15(21)3-2-7-20-8-6-11-9-12(17)4-5-14(11)20/h4-6,8-9,13H,2-3,7H2,1H3,(H,19,22). The quantitative estimate of drug-likeness (QED) is 0.832. The van der Waals surface area contributed by atoms with E-state index in [0.717, 1.165) is 10.9 Å². The highest BCUT2D eigenvalue weighted by molar-refractivity contribution is 6.31. The second-order valence-corrected chi connectivity index (χ2v) is 5.39. The SMILES string of the molecule is CNC(=O)C(C#N)C(=O)CCCn1ccc2cc(Cl)ccc21. The fraction of sp³-hybridized carbons (Fsp3) is 0.312. The molecule has 0 saturated heterocycles. The highest BCUT2D eigenvalue weighted by Crippen LogP contribution is 2.21. The van der Waals surface area contributed by atoms with Gasteiger partial charge in [0.05, 0.1) is 6.07 Å². The van der Waals surface area contributed by atoms with Crippen LogP contribution in [0.1, 0.15) is 12.8 Å². The summed E-state index contributed by atoms with van der Waals surface area (Å²) >= 11 is 5.95. The first-order chi connectivity index (χ1) is 10.6. The lowest BCUT2D eigenvalue weighted by atomic mass is 10.0. The summed E-state index contributed by atoms with van der Waals surface area (Å²) in [5.74, 6) is -2.11. The number of carbonyl (C=O) groups excluding carboxylic acids is 2. The predicted molar refractivity (Wildman–Crippen MR) is 84.4 cm³/mol. The molecule has 0 bridgehead atoms. The molecule has 0 aliphatic heterocycles. The van der Waals surface area contributed by atoms with Gasteiger partial charge in [-0.2, -0.15) is 5.26 Å². The molecule has 1 unspecified atom stereocenters. The van der Waals surface area contributed by atoms with Gasteiger partial charge in [-0.05, 0) is 30.7 Å². The fourth-order valence-electron chi connectivity index (χ4n) is 2.36. The Morgan fingerprint density at radius 1 is 1.41 bits per heavy atom. The van der Waals surface area contributed by atoms with Gasteiger partial charge < -0.3 is 9.88 Å². The summed E-state index contributed by atoms with van der Waals surface area (Å²) in [5.41, 5.74) is 1.04. The minimum absolute atomic E-state index is 0.193. The van der Waals surface area contributed by atoms with E-state index < -0.39 is 11.8 Å². The highest BCUT2D eigenvalue weighted by Gasteiger charge is 2.24. The smallest absolute Gasteiger partial charge is 0.244 e. The minimum atomic E-state index is -1.22. The first-order valence-corrected chi connectivity index (χ1v) is 7.33. The van der Waals surface area contributed by atoms with Crippen LogP contribution in [0.2, 0.25) is 5.02 Å². The van der Waals surface area contributed by atoms with Gasteiger partial charge >= 0.3 is 0 Å². The van der Waals surface area contributed by atoms with E-state index in [1.807, 2.05) is 35.0 Å². The maximum absolute atomic E-state index is 11.9. The van der Waals surface area contributed by atoms with Crippen LogP contribution in [0.5, 0.6) is 0 Å². The molecule has 0 radical (unpaired) electrons. The molecule has 0 saturated carbocycles. The second-order valence-electron chi connectivity index (χ2n) is 4.96. The van der Waals surface area contributed by atoms with Crippen molar-refractivity contribution in [2.75, 3.05) is 7.05 Å². The van der Waals surface area contributed by atoms with E-state index in [9.17, 15) is 9.59 Å². The third-order valence-corrected chi connectivity index (χ3v) is 3.75. The Hall–Kier alpha value is -2.32. The fourth-order valence-corrected chi connectivity index (χ4v) is 2.54. The number of Topliss-reactive ketones (excluding diaryl/α,β-unsaturated/α-hetero) is 1. The summed E-state index contributed by atoms with van der Waals surface area (Å²) in [6.45, 7) is 0.642. The molecule has 0 spiro atoms. The van der Waals surface area contributed by atoms with Gasteiger partial charge in [-0.15, -0.1) is 0 Å². The number of nitriles is 1. The number of amides is 1. The molecule has 5 nitrogen and oxygen atoms in total. The van der Waals surface area contributed by atoms with Gasteiger partial charge in [0.15, 0.2) is 11.7 Å². The summed E-state index contributed by atoms with van der Waals surface area (Å²) in [6, 6.07) is 9.35. The zero-order valence-electron chi connectivity index (χ0n) is 12.2. The molecule has 0 aliphatic rings. The summed E-state index contributed by atoms with van der Waals surface area (Å²) in [4.78, 5) is 23.3. The second kappa shape index (κ2) is 7.10. The Morgan fingerprint density at radius 2 is 2.18 bits per heavy atom. The van der Waals surface area contributed by atoms with E-state index in [2.05, 4.69) is 5.32 Å². The first-order valence-electron chi connectivity index (χ1n) is 6.95. The van der Waals surface area contributed by atoms with Gasteiger partial charge in [-0.1, -0.05) is 11.6 Å². The number of hydrogen-bond donors (Lipinski definition) is 1. The van der Waals surface area contributed by atoms with Gasteiger partial charge in [-0.3, -0.25) is 9.59 Å². The van der Waals surface area contributed by atoms with Crippen LogP contribution in [0.4, 0.5) is 0 Å². The maximum Gasteiger partial charge on any atom is 0.244 e. The Morgan fingerprint density at radius 3 is 2.86 bits per heavy atom. The number of hydrogen-bond acceptors (Lipinski definition) is 3. The molecule has 0 fully saturated rings. The van der Waals surface area contributed by atoms with Gasteiger partial charge in [0.2, 0.25) is 5.91 Å². The van der Waals surface area contributed by atoms with Gasteiger partial charge in [-0.25, -0.2) is 0 Å². The van der Waals surface area contributed by atoms with Crippen molar-refractivity contribution >= 4 is 34.2 Å². The summed E-state index contributed by atoms with van der Waals surface area (Å²) in [6.07, 6.45) is 2.70. The molecule has 1 atom stereocenters. The molecule has 6 heteroatoms. The molecule has 114 valence electrons. The number of halogens is 1. The third kappa shape index (κ3) is 3.46. The molecule has 2 rings (SSSR count). The maximum atomic E-state index is 11.9. The van der Waals surface area contributed by atoms with E-state index in [1.54, 1.807) is 6.07 Å². The highest BCUT2D eigenvalue weighted by atomic mass is 35.5. The van der Waals surface area contributed by atoms with E-state index in [-0.39, 0.29) is 12.2 Å².